The smallest absolute Gasteiger partial charge is 0.223 e. The highest BCUT2D eigenvalue weighted by Gasteiger charge is 2.39. The fraction of sp³-hybridized carbons (Fsp3) is 0.692. The monoisotopic (exact) mass is 267 g/mol. The summed E-state index contributed by atoms with van der Waals surface area (Å²) in [6.45, 7) is 6.20. The van der Waals surface area contributed by atoms with Crippen LogP contribution in [0.2, 0.25) is 0 Å². The molecule has 2 unspecified atom stereocenters. The molecule has 0 bridgehead atoms. The minimum absolute atomic E-state index is 0.00359. The lowest BCUT2D eigenvalue weighted by atomic mass is 9.97. The summed E-state index contributed by atoms with van der Waals surface area (Å²) in [5, 5.41) is 0. The fourth-order valence-corrected chi connectivity index (χ4v) is 3.40. The Balaban J connectivity index is 2.43. The van der Waals surface area contributed by atoms with Crippen LogP contribution in [0.5, 0.6) is 0 Å². The third-order valence-corrected chi connectivity index (χ3v) is 4.19. The molecule has 0 aromatic carbocycles. The minimum Gasteiger partial charge on any atom is -0.328 e. The van der Waals surface area contributed by atoms with Gasteiger partial charge in [-0.2, -0.15) is 0 Å². The van der Waals surface area contributed by atoms with E-state index in [-0.39, 0.29) is 23.5 Å². The number of carbonyl (C=O) groups is 1. The molecular weight excluding hydrogens is 246 g/mol. The maximum Gasteiger partial charge on any atom is 0.223 e. The topological polar surface area (TPSA) is 59.2 Å². The molecule has 1 aromatic rings. The van der Waals surface area contributed by atoms with E-state index in [1.165, 1.54) is 0 Å². The van der Waals surface area contributed by atoms with Gasteiger partial charge in [0.15, 0.2) is 0 Å². The molecule has 0 radical (unpaired) electrons. The lowest BCUT2D eigenvalue weighted by molar-refractivity contribution is -0.138. The first kappa shape index (κ1) is 13.5. The number of nitrogens with two attached hydrogens (primary N) is 1. The zero-order chi connectivity index (χ0) is 13.3. The second-order valence-electron chi connectivity index (χ2n) is 5.84. The number of nitrogens with zero attached hydrogens (tertiary/aromatic N) is 2. The maximum absolute atomic E-state index is 12.4. The SMILES string of the molecule is CC(C)(C)N1C(=O)CCCC(N)C1c1cncs1. The third kappa shape index (κ3) is 2.57. The van der Waals surface area contributed by atoms with E-state index in [0.717, 1.165) is 17.7 Å². The largest absolute Gasteiger partial charge is 0.328 e. The van der Waals surface area contributed by atoms with Crippen molar-refractivity contribution < 1.29 is 4.79 Å². The Hall–Kier alpha value is -0.940. The van der Waals surface area contributed by atoms with Crippen LogP contribution in [-0.2, 0) is 4.79 Å². The van der Waals surface area contributed by atoms with Gasteiger partial charge in [-0.15, -0.1) is 11.3 Å². The van der Waals surface area contributed by atoms with Crippen molar-refractivity contribution in [2.45, 2.75) is 57.7 Å². The van der Waals surface area contributed by atoms with Crippen molar-refractivity contribution in [3.63, 3.8) is 0 Å². The molecule has 1 aliphatic rings. The standard InChI is InChI=1S/C13H21N3OS/c1-13(2,3)16-11(17)6-4-5-9(14)12(16)10-7-15-8-18-10/h7-9,12H,4-6,14H2,1-3H3. The van der Waals surface area contributed by atoms with Gasteiger partial charge in [-0.3, -0.25) is 9.78 Å². The molecule has 2 atom stereocenters. The van der Waals surface area contributed by atoms with Gasteiger partial charge >= 0.3 is 0 Å². The van der Waals surface area contributed by atoms with Crippen LogP contribution in [0.25, 0.3) is 0 Å². The summed E-state index contributed by atoms with van der Waals surface area (Å²) in [7, 11) is 0. The number of aromatic nitrogens is 1. The van der Waals surface area contributed by atoms with Crippen molar-refractivity contribution in [3.05, 3.63) is 16.6 Å². The zero-order valence-electron chi connectivity index (χ0n) is 11.2. The number of carbonyl (C=O) groups excluding carboxylic acids is 1. The van der Waals surface area contributed by atoms with Gasteiger partial charge < -0.3 is 10.6 Å². The quantitative estimate of drug-likeness (QED) is 0.849. The summed E-state index contributed by atoms with van der Waals surface area (Å²) in [6, 6.07) is -0.0383. The number of likely N-dealkylation sites (tertiary alicyclic amines) is 1. The maximum atomic E-state index is 12.4. The molecule has 1 aromatic heterocycles. The summed E-state index contributed by atoms with van der Waals surface area (Å²) in [4.78, 5) is 19.5. The molecule has 0 spiro atoms. The molecule has 5 heteroatoms. The summed E-state index contributed by atoms with van der Waals surface area (Å²) in [5.74, 6) is 0.203. The molecular formula is C13H21N3OS. The van der Waals surface area contributed by atoms with Crippen LogP contribution in [-0.4, -0.2) is 27.4 Å². The van der Waals surface area contributed by atoms with Crippen LogP contribution in [0.1, 0.15) is 51.0 Å². The van der Waals surface area contributed by atoms with E-state index in [4.69, 9.17) is 5.73 Å². The molecule has 1 aliphatic heterocycles. The van der Waals surface area contributed by atoms with Crippen LogP contribution < -0.4 is 5.73 Å². The Morgan fingerprint density at radius 3 is 2.78 bits per heavy atom. The average molecular weight is 267 g/mol. The van der Waals surface area contributed by atoms with Crippen LogP contribution in [0.4, 0.5) is 0 Å². The Bertz CT molecular complexity index is 410. The third-order valence-electron chi connectivity index (χ3n) is 3.35. The first-order valence-electron chi connectivity index (χ1n) is 6.37. The Labute approximate surface area is 112 Å². The highest BCUT2D eigenvalue weighted by Crippen LogP contribution is 2.36. The molecule has 1 amide bonds. The summed E-state index contributed by atoms with van der Waals surface area (Å²) in [6.07, 6.45) is 4.20. The van der Waals surface area contributed by atoms with Crippen LogP contribution in [0.3, 0.4) is 0 Å². The van der Waals surface area contributed by atoms with Gasteiger partial charge in [-0.05, 0) is 33.6 Å². The van der Waals surface area contributed by atoms with Gasteiger partial charge in [-0.1, -0.05) is 0 Å². The van der Waals surface area contributed by atoms with Crippen LogP contribution in [0, 0.1) is 0 Å². The molecule has 1 saturated heterocycles. The molecule has 1 fully saturated rings. The van der Waals surface area contributed by atoms with Gasteiger partial charge in [0.1, 0.15) is 0 Å². The van der Waals surface area contributed by atoms with E-state index in [1.54, 1.807) is 16.8 Å². The molecule has 0 saturated carbocycles. The lowest BCUT2D eigenvalue weighted by Gasteiger charge is -2.42. The van der Waals surface area contributed by atoms with Crippen molar-refractivity contribution in [3.8, 4) is 0 Å². The van der Waals surface area contributed by atoms with E-state index >= 15 is 0 Å². The van der Waals surface area contributed by atoms with Gasteiger partial charge in [0.05, 0.1) is 11.6 Å². The van der Waals surface area contributed by atoms with E-state index in [2.05, 4.69) is 25.8 Å². The molecule has 2 rings (SSSR count). The van der Waals surface area contributed by atoms with E-state index in [0.29, 0.717) is 6.42 Å². The Morgan fingerprint density at radius 1 is 1.50 bits per heavy atom. The minimum atomic E-state index is -0.215. The summed E-state index contributed by atoms with van der Waals surface area (Å²) < 4.78 is 0. The van der Waals surface area contributed by atoms with Crippen molar-refractivity contribution in [1.82, 2.24) is 9.88 Å². The number of thiazole rings is 1. The van der Waals surface area contributed by atoms with Crippen molar-refractivity contribution in [2.75, 3.05) is 0 Å². The van der Waals surface area contributed by atoms with Gasteiger partial charge in [0, 0.05) is 29.1 Å². The highest BCUT2D eigenvalue weighted by atomic mass is 32.1. The Kier molecular flexibility index (Phi) is 3.73. The van der Waals surface area contributed by atoms with Gasteiger partial charge in [0.2, 0.25) is 5.91 Å². The lowest BCUT2D eigenvalue weighted by Crippen LogP contribution is -2.51. The molecule has 2 heterocycles. The first-order valence-corrected chi connectivity index (χ1v) is 7.25. The molecule has 2 N–H and O–H groups in total. The fourth-order valence-electron chi connectivity index (χ4n) is 2.62. The molecule has 18 heavy (non-hydrogen) atoms. The van der Waals surface area contributed by atoms with E-state index < -0.39 is 0 Å². The van der Waals surface area contributed by atoms with Crippen LogP contribution in [0.15, 0.2) is 11.7 Å². The normalized spacial score (nSPS) is 26.2. The second-order valence-corrected chi connectivity index (χ2v) is 6.76. The zero-order valence-corrected chi connectivity index (χ0v) is 12.0. The highest BCUT2D eigenvalue weighted by molar-refractivity contribution is 7.09. The van der Waals surface area contributed by atoms with Gasteiger partial charge in [0.25, 0.3) is 0 Å². The predicted octanol–water partition coefficient (Wildman–Crippen LogP) is 2.32. The summed E-state index contributed by atoms with van der Waals surface area (Å²) in [5.41, 5.74) is 7.89. The van der Waals surface area contributed by atoms with Gasteiger partial charge in [-0.25, -0.2) is 0 Å². The van der Waals surface area contributed by atoms with Crippen molar-refractivity contribution in [1.29, 1.82) is 0 Å². The van der Waals surface area contributed by atoms with Crippen molar-refractivity contribution >= 4 is 17.2 Å². The van der Waals surface area contributed by atoms with Crippen molar-refractivity contribution in [2.24, 2.45) is 5.73 Å². The molecule has 4 nitrogen and oxygen atoms in total. The number of amides is 1. The summed E-state index contributed by atoms with van der Waals surface area (Å²) >= 11 is 1.58. The molecule has 100 valence electrons. The number of hydrogen-bond acceptors (Lipinski definition) is 4. The second kappa shape index (κ2) is 4.97. The van der Waals surface area contributed by atoms with E-state index in [1.807, 2.05) is 11.1 Å². The molecule has 0 aliphatic carbocycles. The van der Waals surface area contributed by atoms with Crippen LogP contribution >= 0.6 is 11.3 Å². The Morgan fingerprint density at radius 2 is 2.22 bits per heavy atom. The predicted molar refractivity (Wildman–Crippen MR) is 73.3 cm³/mol. The average Bonchev–Trinajstić information content (AvgIpc) is 2.71. The number of rotatable bonds is 1. The number of hydrogen-bond donors (Lipinski definition) is 1. The first-order chi connectivity index (χ1) is 8.41. The van der Waals surface area contributed by atoms with E-state index in [9.17, 15) is 4.79 Å².